The summed E-state index contributed by atoms with van der Waals surface area (Å²) in [6.45, 7) is 0.802. The van der Waals surface area contributed by atoms with Gasteiger partial charge in [-0.15, -0.1) is 0 Å². The molecule has 0 spiro atoms. The van der Waals surface area contributed by atoms with Crippen LogP contribution in [0.2, 0.25) is 0 Å². The number of ether oxygens (including phenoxy) is 1. The Kier molecular flexibility index (Phi) is 5.27. The Morgan fingerprint density at radius 3 is 2.42 bits per heavy atom. The van der Waals surface area contributed by atoms with E-state index in [0.717, 1.165) is 50.6 Å². The van der Waals surface area contributed by atoms with Crippen LogP contribution in [-0.4, -0.2) is 53.3 Å². The lowest BCUT2D eigenvalue weighted by atomic mass is 9.75. The summed E-state index contributed by atoms with van der Waals surface area (Å²) in [5.41, 5.74) is -0.345. The molecular formula is C25H32N2O4. The van der Waals surface area contributed by atoms with E-state index in [9.17, 15) is 14.4 Å². The molecule has 4 fully saturated rings. The molecule has 3 amide bonds. The molecule has 0 unspecified atom stereocenters. The van der Waals surface area contributed by atoms with Crippen LogP contribution in [0.1, 0.15) is 69.8 Å². The molecule has 0 radical (unpaired) electrons. The molecule has 3 atom stereocenters. The highest BCUT2D eigenvalue weighted by Gasteiger charge is 2.56. The fourth-order valence-electron chi connectivity index (χ4n) is 6.47. The van der Waals surface area contributed by atoms with E-state index in [1.807, 2.05) is 29.2 Å². The van der Waals surface area contributed by atoms with Crippen molar-refractivity contribution in [3.63, 3.8) is 0 Å². The van der Waals surface area contributed by atoms with Crippen LogP contribution in [0.3, 0.4) is 0 Å². The molecule has 2 aliphatic heterocycles. The highest BCUT2D eigenvalue weighted by molar-refractivity contribution is 6.11. The van der Waals surface area contributed by atoms with E-state index in [2.05, 4.69) is 0 Å². The first-order chi connectivity index (χ1) is 15.0. The van der Waals surface area contributed by atoms with Gasteiger partial charge in [0.05, 0.1) is 12.5 Å². The van der Waals surface area contributed by atoms with Crippen molar-refractivity contribution in [2.75, 3.05) is 13.7 Å². The van der Waals surface area contributed by atoms with E-state index < -0.39 is 5.41 Å². The lowest BCUT2D eigenvalue weighted by Gasteiger charge is -2.32. The first kappa shape index (κ1) is 20.5. The van der Waals surface area contributed by atoms with E-state index in [4.69, 9.17) is 4.74 Å². The second-order valence-corrected chi connectivity index (χ2v) is 9.90. The molecule has 0 N–H and O–H groups in total. The maximum atomic E-state index is 13.9. The van der Waals surface area contributed by atoms with Gasteiger partial charge in [-0.25, -0.2) is 0 Å². The van der Waals surface area contributed by atoms with Crippen molar-refractivity contribution in [3.8, 4) is 5.75 Å². The molecule has 6 nitrogen and oxygen atoms in total. The van der Waals surface area contributed by atoms with Crippen LogP contribution in [0.4, 0.5) is 0 Å². The van der Waals surface area contributed by atoms with Crippen LogP contribution in [0.15, 0.2) is 24.3 Å². The molecule has 1 aromatic carbocycles. The number of rotatable bonds is 5. The minimum atomic E-state index is -1.10. The summed E-state index contributed by atoms with van der Waals surface area (Å²) in [4.78, 5) is 44.1. The number of carbonyl (C=O) groups excluding carboxylic acids is 3. The second kappa shape index (κ2) is 7.95. The first-order valence-corrected chi connectivity index (χ1v) is 11.8. The normalized spacial score (nSPS) is 31.0. The number of hydrogen-bond donors (Lipinski definition) is 0. The molecule has 2 heterocycles. The van der Waals surface area contributed by atoms with Crippen LogP contribution in [-0.2, 0) is 19.8 Å². The molecule has 6 heteroatoms. The standard InChI is InChI=1S/C25H32N2O4/c1-31-21-11-9-18(10-12-21)25(14-22(28)26-16-17-5-4-8-20(26)13-17)15-23(29)27(24(25)30)19-6-2-3-7-19/h9-12,17,19-20H,2-8,13-16H2,1H3/t17-,20+,25-/m0/s1. The number of nitrogens with zero attached hydrogens (tertiary/aromatic N) is 2. The van der Waals surface area contributed by atoms with Crippen LogP contribution in [0.5, 0.6) is 5.75 Å². The summed E-state index contributed by atoms with van der Waals surface area (Å²) in [5.74, 6) is 1.02. The molecule has 5 rings (SSSR count). The molecule has 0 aromatic heterocycles. The predicted molar refractivity (Wildman–Crippen MR) is 115 cm³/mol. The van der Waals surface area contributed by atoms with Gasteiger partial charge in [0.1, 0.15) is 5.75 Å². The minimum Gasteiger partial charge on any atom is -0.497 e. The fourth-order valence-corrected chi connectivity index (χ4v) is 6.47. The quantitative estimate of drug-likeness (QED) is 0.680. The maximum absolute atomic E-state index is 13.9. The summed E-state index contributed by atoms with van der Waals surface area (Å²) in [6.07, 6.45) is 8.52. The number of imide groups is 1. The van der Waals surface area contributed by atoms with E-state index >= 15 is 0 Å². The molecule has 4 aliphatic rings. The molecule has 2 aliphatic carbocycles. The smallest absolute Gasteiger partial charge is 0.241 e. The average molecular weight is 425 g/mol. The van der Waals surface area contributed by atoms with Gasteiger partial charge < -0.3 is 9.64 Å². The molecule has 2 saturated heterocycles. The van der Waals surface area contributed by atoms with Crippen LogP contribution in [0.25, 0.3) is 0 Å². The second-order valence-electron chi connectivity index (χ2n) is 9.90. The van der Waals surface area contributed by atoms with E-state index in [0.29, 0.717) is 17.7 Å². The maximum Gasteiger partial charge on any atom is 0.241 e. The van der Waals surface area contributed by atoms with Gasteiger partial charge in [0, 0.05) is 31.5 Å². The number of fused-ring (bicyclic) bond motifs is 2. The SMILES string of the molecule is COc1ccc([C@]2(CC(=O)N3C[C@H]4CCC[C@@H]3C4)CC(=O)N(C3CCCC3)C2=O)cc1. The zero-order valence-electron chi connectivity index (χ0n) is 18.3. The molecule has 166 valence electrons. The summed E-state index contributed by atoms with van der Waals surface area (Å²) >= 11 is 0. The minimum absolute atomic E-state index is 0.0128. The van der Waals surface area contributed by atoms with Gasteiger partial charge in [0.25, 0.3) is 0 Å². The first-order valence-electron chi connectivity index (χ1n) is 11.8. The largest absolute Gasteiger partial charge is 0.497 e. The van der Waals surface area contributed by atoms with Gasteiger partial charge in [-0.1, -0.05) is 31.4 Å². The Morgan fingerprint density at radius 2 is 1.74 bits per heavy atom. The average Bonchev–Trinajstić information content (AvgIpc) is 3.46. The van der Waals surface area contributed by atoms with E-state index in [1.165, 1.54) is 17.7 Å². The molecule has 1 aromatic rings. The van der Waals surface area contributed by atoms with Gasteiger partial charge in [0.2, 0.25) is 17.7 Å². The van der Waals surface area contributed by atoms with Crippen LogP contribution in [0, 0.1) is 5.92 Å². The van der Waals surface area contributed by atoms with Crippen molar-refractivity contribution in [1.29, 1.82) is 0 Å². The third-order valence-electron chi connectivity index (χ3n) is 8.11. The number of likely N-dealkylation sites (tertiary alicyclic amines) is 2. The molecule has 2 bridgehead atoms. The summed E-state index contributed by atoms with van der Waals surface area (Å²) in [5, 5.41) is 0. The van der Waals surface area contributed by atoms with Crippen molar-refractivity contribution in [3.05, 3.63) is 29.8 Å². The number of benzene rings is 1. The van der Waals surface area contributed by atoms with Gasteiger partial charge in [-0.3, -0.25) is 19.3 Å². The van der Waals surface area contributed by atoms with Crippen LogP contribution >= 0.6 is 0 Å². The highest BCUT2D eigenvalue weighted by atomic mass is 16.5. The summed E-state index contributed by atoms with van der Waals surface area (Å²) in [6, 6.07) is 7.65. The van der Waals surface area contributed by atoms with Gasteiger partial charge in [0.15, 0.2) is 0 Å². The third kappa shape index (κ3) is 3.44. The number of carbonyl (C=O) groups is 3. The number of amides is 3. The predicted octanol–water partition coefficient (Wildman–Crippen LogP) is 3.43. The Morgan fingerprint density at radius 1 is 1.03 bits per heavy atom. The monoisotopic (exact) mass is 424 g/mol. The lowest BCUT2D eigenvalue weighted by Crippen LogP contribution is -2.46. The Labute approximate surface area is 183 Å². The summed E-state index contributed by atoms with van der Waals surface area (Å²) < 4.78 is 5.29. The van der Waals surface area contributed by atoms with Gasteiger partial charge in [-0.05, 0) is 55.7 Å². The van der Waals surface area contributed by atoms with Crippen molar-refractivity contribution in [2.24, 2.45) is 5.92 Å². The van der Waals surface area contributed by atoms with E-state index in [1.54, 1.807) is 7.11 Å². The molecular weight excluding hydrogens is 392 g/mol. The van der Waals surface area contributed by atoms with Crippen molar-refractivity contribution in [1.82, 2.24) is 9.80 Å². The molecule has 31 heavy (non-hydrogen) atoms. The van der Waals surface area contributed by atoms with Crippen molar-refractivity contribution < 1.29 is 19.1 Å². The Bertz CT molecular complexity index is 876. The van der Waals surface area contributed by atoms with E-state index in [-0.39, 0.29) is 36.6 Å². The van der Waals surface area contributed by atoms with Crippen LogP contribution < -0.4 is 4.74 Å². The Balaban J connectivity index is 1.48. The Hall–Kier alpha value is -2.37. The lowest BCUT2D eigenvalue weighted by molar-refractivity contribution is -0.145. The van der Waals surface area contributed by atoms with Gasteiger partial charge in [-0.2, -0.15) is 0 Å². The number of methoxy groups -OCH3 is 1. The third-order valence-corrected chi connectivity index (χ3v) is 8.11. The van der Waals surface area contributed by atoms with Crippen molar-refractivity contribution >= 4 is 17.7 Å². The van der Waals surface area contributed by atoms with Gasteiger partial charge >= 0.3 is 0 Å². The number of hydrogen-bond acceptors (Lipinski definition) is 4. The highest BCUT2D eigenvalue weighted by Crippen LogP contribution is 2.45. The summed E-state index contributed by atoms with van der Waals surface area (Å²) in [7, 11) is 1.60. The topological polar surface area (TPSA) is 66.9 Å². The molecule has 2 saturated carbocycles. The zero-order valence-corrected chi connectivity index (χ0v) is 18.3. The zero-order chi connectivity index (χ0) is 21.6. The fraction of sp³-hybridized carbons (Fsp3) is 0.640. The van der Waals surface area contributed by atoms with Crippen molar-refractivity contribution in [2.45, 2.75) is 81.7 Å².